The van der Waals surface area contributed by atoms with E-state index in [4.69, 9.17) is 19.7 Å². The molecule has 1 aromatic carbocycles. The SMILES string of the molecule is N#Cc1ccc(Oc2cocn2)c(C#N)c1. The van der Waals surface area contributed by atoms with Gasteiger partial charge in [-0.15, -0.1) is 0 Å². The van der Waals surface area contributed by atoms with Gasteiger partial charge in [-0.1, -0.05) is 0 Å². The predicted molar refractivity (Wildman–Crippen MR) is 52.4 cm³/mol. The maximum absolute atomic E-state index is 8.88. The Hall–Kier alpha value is -2.79. The second-order valence-corrected chi connectivity index (χ2v) is 2.86. The molecule has 0 saturated carbocycles. The van der Waals surface area contributed by atoms with Crippen LogP contribution in [-0.2, 0) is 0 Å². The largest absolute Gasteiger partial charge is 0.448 e. The van der Waals surface area contributed by atoms with E-state index >= 15 is 0 Å². The van der Waals surface area contributed by atoms with Gasteiger partial charge in [0.15, 0.2) is 12.7 Å². The highest BCUT2D eigenvalue weighted by Gasteiger charge is 2.07. The normalized spacial score (nSPS) is 9.12. The van der Waals surface area contributed by atoms with Gasteiger partial charge in [-0.25, -0.2) is 0 Å². The second-order valence-electron chi connectivity index (χ2n) is 2.86. The van der Waals surface area contributed by atoms with Crippen LogP contribution in [0.25, 0.3) is 0 Å². The summed E-state index contributed by atoms with van der Waals surface area (Å²) in [5.41, 5.74) is 0.686. The highest BCUT2D eigenvalue weighted by molar-refractivity contribution is 5.49. The molecule has 1 aromatic heterocycles. The van der Waals surface area contributed by atoms with E-state index in [0.717, 1.165) is 0 Å². The van der Waals surface area contributed by atoms with Crippen molar-refractivity contribution in [3.63, 3.8) is 0 Å². The molecule has 16 heavy (non-hydrogen) atoms. The van der Waals surface area contributed by atoms with Crippen molar-refractivity contribution in [1.29, 1.82) is 10.5 Å². The lowest BCUT2D eigenvalue weighted by atomic mass is 10.1. The van der Waals surface area contributed by atoms with Crippen LogP contribution in [0.15, 0.2) is 35.3 Å². The Bertz CT molecular complexity index is 576. The molecule has 0 amide bonds. The number of ether oxygens (including phenoxy) is 1. The predicted octanol–water partition coefficient (Wildman–Crippen LogP) is 2.21. The zero-order valence-corrected chi connectivity index (χ0v) is 8.04. The molecule has 0 atom stereocenters. The fraction of sp³-hybridized carbons (Fsp3) is 0. The first-order chi connectivity index (χ1) is 7.83. The molecule has 0 aliphatic rings. The molecule has 0 aliphatic carbocycles. The number of nitriles is 2. The first kappa shape index (κ1) is 9.75. The van der Waals surface area contributed by atoms with Crippen LogP contribution in [0, 0.1) is 22.7 Å². The lowest BCUT2D eigenvalue weighted by molar-refractivity contribution is 0.456. The van der Waals surface area contributed by atoms with Crippen LogP contribution in [0.4, 0.5) is 0 Å². The summed E-state index contributed by atoms with van der Waals surface area (Å²) in [4.78, 5) is 3.77. The Morgan fingerprint density at radius 1 is 1.25 bits per heavy atom. The quantitative estimate of drug-likeness (QED) is 0.760. The van der Waals surface area contributed by atoms with Crippen LogP contribution >= 0.6 is 0 Å². The maximum atomic E-state index is 8.88. The Morgan fingerprint density at radius 3 is 2.75 bits per heavy atom. The van der Waals surface area contributed by atoms with Gasteiger partial charge < -0.3 is 9.15 Å². The number of benzene rings is 1. The van der Waals surface area contributed by atoms with Crippen LogP contribution in [0.5, 0.6) is 11.6 Å². The Morgan fingerprint density at radius 2 is 2.12 bits per heavy atom. The molecule has 0 aliphatic heterocycles. The van der Waals surface area contributed by atoms with Gasteiger partial charge in [-0.05, 0) is 18.2 Å². The standard InChI is InChI=1S/C11H5N3O2/c12-4-8-1-2-10(9(3-8)5-13)16-11-6-15-7-14-11/h1-3,6-7H. The Labute approximate surface area is 91.1 Å². The molecule has 76 valence electrons. The van der Waals surface area contributed by atoms with Crippen molar-refractivity contribution in [3.05, 3.63) is 42.0 Å². The Balaban J connectivity index is 2.36. The van der Waals surface area contributed by atoms with Crippen molar-refractivity contribution < 1.29 is 9.15 Å². The monoisotopic (exact) mass is 211 g/mol. The van der Waals surface area contributed by atoms with Crippen molar-refractivity contribution >= 4 is 0 Å². The first-order valence-corrected chi connectivity index (χ1v) is 4.34. The third-order valence-corrected chi connectivity index (χ3v) is 1.85. The maximum Gasteiger partial charge on any atom is 0.258 e. The summed E-state index contributed by atoms with van der Waals surface area (Å²) in [7, 11) is 0. The van der Waals surface area contributed by atoms with Crippen LogP contribution in [0.3, 0.4) is 0 Å². The number of aromatic nitrogens is 1. The van der Waals surface area contributed by atoms with Crippen molar-refractivity contribution in [2.75, 3.05) is 0 Å². The number of hydrogen-bond acceptors (Lipinski definition) is 5. The average molecular weight is 211 g/mol. The van der Waals surface area contributed by atoms with Gasteiger partial charge in [0.2, 0.25) is 0 Å². The van der Waals surface area contributed by atoms with Gasteiger partial charge in [0.1, 0.15) is 11.8 Å². The summed E-state index contributed by atoms with van der Waals surface area (Å²) < 4.78 is 10.0. The van der Waals surface area contributed by atoms with E-state index in [1.165, 1.54) is 18.7 Å². The summed E-state index contributed by atoms with van der Waals surface area (Å²) >= 11 is 0. The van der Waals surface area contributed by atoms with Crippen molar-refractivity contribution in [2.24, 2.45) is 0 Å². The summed E-state index contributed by atoms with van der Waals surface area (Å²) in [6.07, 6.45) is 2.55. The fourth-order valence-corrected chi connectivity index (χ4v) is 1.14. The minimum atomic E-state index is 0.265. The summed E-state index contributed by atoms with van der Waals surface area (Å²) in [6.45, 7) is 0. The van der Waals surface area contributed by atoms with Gasteiger partial charge >= 0.3 is 0 Å². The molecule has 5 heteroatoms. The molecule has 0 radical (unpaired) electrons. The molecule has 2 aromatic rings. The first-order valence-electron chi connectivity index (χ1n) is 4.34. The second kappa shape index (κ2) is 4.16. The molecule has 0 N–H and O–H groups in total. The number of rotatable bonds is 2. The zero-order valence-electron chi connectivity index (χ0n) is 8.04. The van der Waals surface area contributed by atoms with Gasteiger partial charge in [0.25, 0.3) is 5.88 Å². The summed E-state index contributed by atoms with van der Waals surface area (Å²) in [5.74, 6) is 0.608. The zero-order chi connectivity index (χ0) is 11.4. The van der Waals surface area contributed by atoms with Crippen LogP contribution in [0.1, 0.15) is 11.1 Å². The summed E-state index contributed by atoms with van der Waals surface area (Å²) in [5, 5.41) is 17.6. The molecule has 0 spiro atoms. The topological polar surface area (TPSA) is 82.8 Å². The van der Waals surface area contributed by atoms with Crippen LogP contribution in [0.2, 0.25) is 0 Å². The molecular formula is C11H5N3O2. The van der Waals surface area contributed by atoms with Gasteiger partial charge in [-0.2, -0.15) is 15.5 Å². The molecule has 1 heterocycles. The molecule has 0 fully saturated rings. The fourth-order valence-electron chi connectivity index (χ4n) is 1.14. The van der Waals surface area contributed by atoms with Gasteiger partial charge in [-0.3, -0.25) is 0 Å². The van der Waals surface area contributed by atoms with Crippen molar-refractivity contribution in [3.8, 4) is 23.8 Å². The lowest BCUT2D eigenvalue weighted by Gasteiger charge is -2.03. The van der Waals surface area contributed by atoms with E-state index in [2.05, 4.69) is 4.98 Å². The van der Waals surface area contributed by atoms with E-state index < -0.39 is 0 Å². The highest BCUT2D eigenvalue weighted by Crippen LogP contribution is 2.24. The van der Waals surface area contributed by atoms with Crippen LogP contribution < -0.4 is 4.74 Å². The van der Waals surface area contributed by atoms with Crippen molar-refractivity contribution in [2.45, 2.75) is 0 Å². The van der Waals surface area contributed by atoms with E-state index in [1.54, 1.807) is 12.1 Å². The minimum absolute atomic E-state index is 0.265. The van der Waals surface area contributed by atoms with E-state index in [1.807, 2.05) is 12.1 Å². The molecule has 0 unspecified atom stereocenters. The van der Waals surface area contributed by atoms with Crippen LogP contribution in [-0.4, -0.2) is 4.98 Å². The molecular weight excluding hydrogens is 206 g/mol. The average Bonchev–Trinajstić information content (AvgIpc) is 2.82. The summed E-state index contributed by atoms with van der Waals surface area (Å²) in [6, 6.07) is 8.46. The number of oxazole rings is 1. The number of nitrogens with zero attached hydrogens (tertiary/aromatic N) is 3. The molecule has 2 rings (SSSR count). The van der Waals surface area contributed by atoms with E-state index in [9.17, 15) is 0 Å². The molecule has 5 nitrogen and oxygen atoms in total. The van der Waals surface area contributed by atoms with E-state index in [-0.39, 0.29) is 11.4 Å². The van der Waals surface area contributed by atoms with Gasteiger partial charge in [0.05, 0.1) is 17.2 Å². The lowest BCUT2D eigenvalue weighted by Crippen LogP contribution is -1.89. The third-order valence-electron chi connectivity index (χ3n) is 1.85. The van der Waals surface area contributed by atoms with Gasteiger partial charge in [0, 0.05) is 0 Å². The number of hydrogen-bond donors (Lipinski definition) is 0. The van der Waals surface area contributed by atoms with E-state index in [0.29, 0.717) is 11.3 Å². The Kier molecular flexibility index (Phi) is 2.53. The molecule has 0 saturated heterocycles. The minimum Gasteiger partial charge on any atom is -0.448 e. The highest BCUT2D eigenvalue weighted by atomic mass is 16.5. The molecule has 0 bridgehead atoms. The van der Waals surface area contributed by atoms with Crippen molar-refractivity contribution in [1.82, 2.24) is 4.98 Å². The smallest absolute Gasteiger partial charge is 0.258 e. The third kappa shape index (κ3) is 1.84.